The molecule has 0 saturated heterocycles. The number of nitrogens with zero attached hydrogens (tertiary/aromatic N) is 2. The summed E-state index contributed by atoms with van der Waals surface area (Å²) in [6.45, 7) is 3.84. The zero-order valence-electron chi connectivity index (χ0n) is 17.8. The van der Waals surface area contributed by atoms with Crippen LogP contribution >= 0.6 is 0 Å². The maximum absolute atomic E-state index is 12.7. The Morgan fingerprint density at radius 1 is 1.06 bits per heavy atom. The molecular formula is C23H26N2O6. The van der Waals surface area contributed by atoms with E-state index in [0.717, 1.165) is 10.1 Å². The molecule has 2 aromatic carbocycles. The Balaban J connectivity index is 1.66. The lowest BCUT2D eigenvalue weighted by Crippen LogP contribution is -2.40. The van der Waals surface area contributed by atoms with Crippen LogP contribution in [-0.2, 0) is 29.5 Å². The fourth-order valence-corrected chi connectivity index (χ4v) is 3.37. The van der Waals surface area contributed by atoms with Gasteiger partial charge in [0.2, 0.25) is 0 Å². The maximum atomic E-state index is 12.7. The van der Waals surface area contributed by atoms with Crippen molar-refractivity contribution in [3.8, 4) is 5.75 Å². The van der Waals surface area contributed by atoms with Crippen molar-refractivity contribution in [2.24, 2.45) is 7.05 Å². The van der Waals surface area contributed by atoms with Crippen molar-refractivity contribution in [2.75, 3.05) is 6.61 Å². The van der Waals surface area contributed by atoms with Crippen molar-refractivity contribution in [3.63, 3.8) is 0 Å². The molecule has 0 spiro atoms. The van der Waals surface area contributed by atoms with E-state index in [-0.39, 0.29) is 31.2 Å². The van der Waals surface area contributed by atoms with E-state index < -0.39 is 17.8 Å². The number of aromatic nitrogens is 2. The first-order valence-electron chi connectivity index (χ1n) is 10.1. The normalized spacial score (nSPS) is 12.3. The van der Waals surface area contributed by atoms with Crippen molar-refractivity contribution in [3.05, 3.63) is 74.9 Å². The SMILES string of the molecule is CC(C)OC(Cc1ccc(OCCn2c(=O)c3ccccc3n(C)c2=O)cc1)C(=O)O. The lowest BCUT2D eigenvalue weighted by Gasteiger charge is -2.16. The van der Waals surface area contributed by atoms with Gasteiger partial charge in [0.1, 0.15) is 12.4 Å². The van der Waals surface area contributed by atoms with Gasteiger partial charge in [0, 0.05) is 13.5 Å². The van der Waals surface area contributed by atoms with Crippen LogP contribution in [0, 0.1) is 0 Å². The van der Waals surface area contributed by atoms with Crippen LogP contribution in [0.5, 0.6) is 5.75 Å². The molecule has 0 amide bonds. The fraction of sp³-hybridized carbons (Fsp3) is 0.348. The first-order valence-corrected chi connectivity index (χ1v) is 10.1. The highest BCUT2D eigenvalue weighted by Gasteiger charge is 2.20. The Kier molecular flexibility index (Phi) is 6.91. The van der Waals surface area contributed by atoms with Crippen LogP contribution in [0.4, 0.5) is 0 Å². The van der Waals surface area contributed by atoms with E-state index in [0.29, 0.717) is 16.7 Å². The zero-order valence-corrected chi connectivity index (χ0v) is 17.8. The molecule has 8 heteroatoms. The van der Waals surface area contributed by atoms with Gasteiger partial charge in [-0.25, -0.2) is 9.59 Å². The molecule has 0 aliphatic heterocycles. The first kappa shape index (κ1) is 22.3. The fourth-order valence-electron chi connectivity index (χ4n) is 3.37. The predicted molar refractivity (Wildman–Crippen MR) is 117 cm³/mol. The van der Waals surface area contributed by atoms with Crippen LogP contribution in [0.25, 0.3) is 10.9 Å². The number of hydrogen-bond donors (Lipinski definition) is 1. The average molecular weight is 426 g/mol. The number of aliphatic carboxylic acids is 1. The van der Waals surface area contributed by atoms with E-state index in [4.69, 9.17) is 9.47 Å². The van der Waals surface area contributed by atoms with Crippen LogP contribution in [0.1, 0.15) is 19.4 Å². The summed E-state index contributed by atoms with van der Waals surface area (Å²) in [5.74, 6) is -0.442. The number of aryl methyl sites for hydroxylation is 1. The summed E-state index contributed by atoms with van der Waals surface area (Å²) in [4.78, 5) is 36.5. The summed E-state index contributed by atoms with van der Waals surface area (Å²) in [5.41, 5.74) is 0.654. The Morgan fingerprint density at radius 3 is 2.39 bits per heavy atom. The molecule has 3 rings (SSSR count). The summed E-state index contributed by atoms with van der Waals surface area (Å²) < 4.78 is 13.7. The van der Waals surface area contributed by atoms with Gasteiger partial charge < -0.3 is 14.6 Å². The minimum absolute atomic E-state index is 0.113. The number of ether oxygens (including phenoxy) is 2. The lowest BCUT2D eigenvalue weighted by molar-refractivity contribution is -0.153. The Hall–Kier alpha value is -3.39. The van der Waals surface area contributed by atoms with E-state index in [1.54, 1.807) is 69.4 Å². The highest BCUT2D eigenvalue weighted by molar-refractivity contribution is 5.77. The lowest BCUT2D eigenvalue weighted by atomic mass is 10.1. The second-order valence-corrected chi connectivity index (χ2v) is 7.52. The smallest absolute Gasteiger partial charge is 0.333 e. The highest BCUT2D eigenvalue weighted by atomic mass is 16.5. The average Bonchev–Trinajstić information content (AvgIpc) is 2.75. The van der Waals surface area contributed by atoms with Gasteiger partial charge in [-0.05, 0) is 43.7 Å². The molecule has 0 aliphatic rings. The Morgan fingerprint density at radius 2 is 1.74 bits per heavy atom. The van der Waals surface area contributed by atoms with Gasteiger partial charge in [0.15, 0.2) is 6.10 Å². The minimum Gasteiger partial charge on any atom is -0.492 e. The third-order valence-corrected chi connectivity index (χ3v) is 4.90. The molecule has 0 radical (unpaired) electrons. The van der Waals surface area contributed by atoms with Gasteiger partial charge >= 0.3 is 11.7 Å². The summed E-state index contributed by atoms with van der Waals surface area (Å²) in [5, 5.41) is 9.77. The molecule has 31 heavy (non-hydrogen) atoms. The largest absolute Gasteiger partial charge is 0.492 e. The van der Waals surface area contributed by atoms with E-state index in [1.165, 1.54) is 4.57 Å². The molecule has 1 atom stereocenters. The summed E-state index contributed by atoms with van der Waals surface area (Å²) >= 11 is 0. The molecule has 164 valence electrons. The van der Waals surface area contributed by atoms with E-state index in [9.17, 15) is 19.5 Å². The Bertz CT molecular complexity index is 1180. The monoisotopic (exact) mass is 426 g/mol. The number of carbonyl (C=O) groups is 1. The van der Waals surface area contributed by atoms with E-state index in [2.05, 4.69) is 0 Å². The number of rotatable bonds is 9. The van der Waals surface area contributed by atoms with Gasteiger partial charge in [0.25, 0.3) is 5.56 Å². The zero-order chi connectivity index (χ0) is 22.5. The van der Waals surface area contributed by atoms with Gasteiger partial charge in [-0.15, -0.1) is 0 Å². The molecule has 1 N–H and O–H groups in total. The van der Waals surface area contributed by atoms with Crippen molar-refractivity contribution in [1.29, 1.82) is 0 Å². The van der Waals surface area contributed by atoms with Crippen molar-refractivity contribution < 1.29 is 19.4 Å². The molecule has 0 aliphatic carbocycles. The second-order valence-electron chi connectivity index (χ2n) is 7.52. The van der Waals surface area contributed by atoms with Crippen molar-refractivity contribution >= 4 is 16.9 Å². The standard InChI is InChI=1S/C23H26N2O6/c1-15(2)31-20(22(27)28)14-16-8-10-17(11-9-16)30-13-12-25-21(26)18-6-4-5-7-19(18)24(3)23(25)29/h4-11,15,20H,12-14H2,1-3H3,(H,27,28). The number of hydrogen-bond acceptors (Lipinski definition) is 5. The number of carboxylic acid groups (broad SMARTS) is 1. The van der Waals surface area contributed by atoms with Crippen LogP contribution in [0.2, 0.25) is 0 Å². The topological polar surface area (TPSA) is 99.8 Å². The van der Waals surface area contributed by atoms with Crippen molar-refractivity contribution in [2.45, 2.75) is 39.0 Å². The number of benzene rings is 2. The summed E-state index contributed by atoms with van der Waals surface area (Å²) in [6, 6.07) is 14.0. The van der Waals surface area contributed by atoms with E-state index >= 15 is 0 Å². The van der Waals surface area contributed by atoms with Crippen LogP contribution in [0.3, 0.4) is 0 Å². The Labute approximate surface area is 179 Å². The van der Waals surface area contributed by atoms with Gasteiger partial charge in [-0.1, -0.05) is 24.3 Å². The molecule has 0 saturated carbocycles. The summed E-state index contributed by atoms with van der Waals surface area (Å²) in [7, 11) is 1.63. The molecule has 0 fully saturated rings. The number of fused-ring (bicyclic) bond motifs is 1. The molecule has 1 heterocycles. The first-order chi connectivity index (χ1) is 14.8. The highest BCUT2D eigenvalue weighted by Crippen LogP contribution is 2.15. The van der Waals surface area contributed by atoms with Crippen LogP contribution < -0.4 is 16.0 Å². The van der Waals surface area contributed by atoms with Gasteiger partial charge in [-0.3, -0.25) is 13.9 Å². The maximum Gasteiger partial charge on any atom is 0.333 e. The van der Waals surface area contributed by atoms with Crippen molar-refractivity contribution in [1.82, 2.24) is 9.13 Å². The van der Waals surface area contributed by atoms with Crippen LogP contribution in [-0.4, -0.2) is 39.0 Å². The van der Waals surface area contributed by atoms with E-state index in [1.807, 2.05) is 0 Å². The van der Waals surface area contributed by atoms with Crippen LogP contribution in [0.15, 0.2) is 58.1 Å². The molecule has 8 nitrogen and oxygen atoms in total. The molecular weight excluding hydrogens is 400 g/mol. The molecule has 1 unspecified atom stereocenters. The third kappa shape index (κ3) is 5.21. The molecule has 1 aromatic heterocycles. The summed E-state index contributed by atoms with van der Waals surface area (Å²) in [6.07, 6.45) is -0.853. The van der Waals surface area contributed by atoms with Gasteiger partial charge in [-0.2, -0.15) is 0 Å². The minimum atomic E-state index is -1.00. The number of para-hydroxylation sites is 1. The molecule has 0 bridgehead atoms. The second kappa shape index (κ2) is 9.61. The third-order valence-electron chi connectivity index (χ3n) is 4.90. The molecule has 3 aromatic rings. The van der Waals surface area contributed by atoms with Gasteiger partial charge in [0.05, 0.1) is 23.6 Å². The number of carboxylic acids is 1. The quantitative estimate of drug-likeness (QED) is 0.563. The predicted octanol–water partition coefficient (Wildman–Crippen LogP) is 2.20.